The number of urea groups is 1. The third-order valence-corrected chi connectivity index (χ3v) is 8.27. The molecule has 0 saturated heterocycles. The van der Waals surface area contributed by atoms with Gasteiger partial charge in [-0.3, -0.25) is 10.1 Å². The lowest BCUT2D eigenvalue weighted by molar-refractivity contribution is -0.140. The van der Waals surface area contributed by atoms with E-state index in [2.05, 4.69) is 20.6 Å². The van der Waals surface area contributed by atoms with Crippen molar-refractivity contribution in [3.8, 4) is 21.7 Å². The first kappa shape index (κ1) is 31.1. The number of aliphatic hydroxyl groups is 1. The zero-order valence-corrected chi connectivity index (χ0v) is 24.7. The summed E-state index contributed by atoms with van der Waals surface area (Å²) in [5.74, 6) is -0.716. The van der Waals surface area contributed by atoms with Crippen molar-refractivity contribution in [3.63, 3.8) is 0 Å². The molecule has 3 aromatic heterocycles. The van der Waals surface area contributed by atoms with Crippen LogP contribution in [0.4, 0.5) is 23.8 Å². The van der Waals surface area contributed by atoms with E-state index in [1.54, 1.807) is 36.6 Å². The van der Waals surface area contributed by atoms with Crippen LogP contribution in [0.2, 0.25) is 0 Å². The fourth-order valence-electron chi connectivity index (χ4n) is 5.35. The molecule has 0 bridgehead atoms. The fourth-order valence-corrected chi connectivity index (χ4v) is 6.20. The van der Waals surface area contributed by atoms with E-state index in [9.17, 15) is 32.7 Å². The van der Waals surface area contributed by atoms with Gasteiger partial charge in [0.2, 0.25) is 5.43 Å². The van der Waals surface area contributed by atoms with Gasteiger partial charge in [0.1, 0.15) is 16.4 Å². The number of hydrogen-bond acceptors (Lipinski definition) is 8. The van der Waals surface area contributed by atoms with Gasteiger partial charge in [0.05, 0.1) is 24.3 Å². The molecule has 0 spiro atoms. The van der Waals surface area contributed by atoms with Gasteiger partial charge in [-0.1, -0.05) is 18.9 Å². The van der Waals surface area contributed by atoms with Gasteiger partial charge in [-0.2, -0.15) is 13.2 Å². The van der Waals surface area contributed by atoms with Crippen LogP contribution in [0, 0.1) is 0 Å². The van der Waals surface area contributed by atoms with Crippen LogP contribution >= 0.6 is 11.3 Å². The van der Waals surface area contributed by atoms with Crippen molar-refractivity contribution in [3.05, 3.63) is 63.5 Å². The number of esters is 1. The maximum Gasteiger partial charge on any atom is 0.434 e. The molecule has 1 aromatic carbocycles. The molecular formula is C30H30F3N5O5S. The van der Waals surface area contributed by atoms with Crippen molar-refractivity contribution >= 4 is 40.1 Å². The van der Waals surface area contributed by atoms with Crippen LogP contribution in [-0.2, 0) is 10.9 Å². The SMILES string of the molecule is CCNC(=O)Nc1cc(-c2nc(C(F)(F)F)cs2)c(-c2ccc3c(c2)c(=O)c(C(=O)OCC)cn3[C@H]2CCCC[C@@H]2O)cn1. The minimum Gasteiger partial charge on any atom is -0.462 e. The third-order valence-electron chi connectivity index (χ3n) is 7.40. The summed E-state index contributed by atoms with van der Waals surface area (Å²) in [6, 6.07) is 5.40. The Labute approximate surface area is 253 Å². The number of anilines is 1. The number of halogens is 3. The van der Waals surface area contributed by atoms with E-state index in [0.717, 1.165) is 29.6 Å². The summed E-state index contributed by atoms with van der Waals surface area (Å²) in [4.78, 5) is 46.7. The summed E-state index contributed by atoms with van der Waals surface area (Å²) < 4.78 is 47.2. The molecule has 1 aliphatic carbocycles. The normalized spacial score (nSPS) is 17.0. The fraction of sp³-hybridized carbons (Fsp3) is 0.367. The Morgan fingerprint density at radius 3 is 2.61 bits per heavy atom. The Kier molecular flexibility index (Phi) is 9.02. The second-order valence-corrected chi connectivity index (χ2v) is 11.1. The number of pyridine rings is 2. The Balaban J connectivity index is 1.70. The van der Waals surface area contributed by atoms with E-state index in [-0.39, 0.29) is 40.0 Å². The first-order chi connectivity index (χ1) is 21.0. The molecular weight excluding hydrogens is 599 g/mol. The number of aromatic nitrogens is 3. The molecule has 0 aliphatic heterocycles. The van der Waals surface area contributed by atoms with Crippen LogP contribution in [0.15, 0.2) is 46.8 Å². The molecule has 1 aliphatic rings. The van der Waals surface area contributed by atoms with Crippen molar-refractivity contribution in [1.82, 2.24) is 19.9 Å². The van der Waals surface area contributed by atoms with Gasteiger partial charge < -0.3 is 19.7 Å². The van der Waals surface area contributed by atoms with Crippen LogP contribution in [0.3, 0.4) is 0 Å². The third kappa shape index (κ3) is 6.31. The Bertz CT molecular complexity index is 1770. The van der Waals surface area contributed by atoms with E-state index < -0.39 is 35.4 Å². The highest BCUT2D eigenvalue weighted by atomic mass is 32.1. The topological polar surface area (TPSA) is 135 Å². The number of aliphatic hydroxyl groups excluding tert-OH is 1. The van der Waals surface area contributed by atoms with Crippen molar-refractivity contribution in [2.45, 2.75) is 57.9 Å². The highest BCUT2D eigenvalue weighted by Crippen LogP contribution is 2.39. The number of alkyl halides is 3. The summed E-state index contributed by atoms with van der Waals surface area (Å²) in [5, 5.41) is 17.0. The molecule has 3 heterocycles. The number of nitrogens with one attached hydrogen (secondary N) is 2. The molecule has 2 amide bonds. The Morgan fingerprint density at radius 1 is 1.16 bits per heavy atom. The first-order valence-corrected chi connectivity index (χ1v) is 15.0. The highest BCUT2D eigenvalue weighted by molar-refractivity contribution is 7.13. The highest BCUT2D eigenvalue weighted by Gasteiger charge is 2.34. The van der Waals surface area contributed by atoms with E-state index >= 15 is 0 Å². The van der Waals surface area contributed by atoms with Crippen molar-refractivity contribution in [2.24, 2.45) is 0 Å². The smallest absolute Gasteiger partial charge is 0.434 e. The second-order valence-electron chi connectivity index (χ2n) is 10.3. The van der Waals surface area contributed by atoms with E-state index in [1.165, 1.54) is 18.5 Å². The monoisotopic (exact) mass is 629 g/mol. The van der Waals surface area contributed by atoms with E-state index in [4.69, 9.17) is 4.74 Å². The van der Waals surface area contributed by atoms with Gasteiger partial charge in [-0.25, -0.2) is 19.6 Å². The van der Waals surface area contributed by atoms with Gasteiger partial charge in [0, 0.05) is 40.8 Å². The number of rotatable bonds is 7. The lowest BCUT2D eigenvalue weighted by Crippen LogP contribution is -2.30. The number of amides is 2. The largest absolute Gasteiger partial charge is 0.462 e. The van der Waals surface area contributed by atoms with E-state index in [1.807, 2.05) is 0 Å². The molecule has 232 valence electrons. The zero-order valence-electron chi connectivity index (χ0n) is 23.9. The first-order valence-electron chi connectivity index (χ1n) is 14.1. The average molecular weight is 630 g/mol. The molecule has 0 radical (unpaired) electrons. The Morgan fingerprint density at radius 2 is 1.93 bits per heavy atom. The lowest BCUT2D eigenvalue weighted by atomic mass is 9.91. The number of carbonyl (C=O) groups is 2. The molecule has 2 atom stereocenters. The van der Waals surface area contributed by atoms with Gasteiger partial charge in [-0.05, 0) is 50.5 Å². The van der Waals surface area contributed by atoms with Gasteiger partial charge in [0.25, 0.3) is 0 Å². The zero-order chi connectivity index (χ0) is 31.6. The Hall–Kier alpha value is -4.30. The predicted octanol–water partition coefficient (Wildman–Crippen LogP) is 6.00. The number of ether oxygens (including phenoxy) is 1. The maximum absolute atomic E-state index is 13.7. The molecule has 4 aromatic rings. The number of fused-ring (bicyclic) bond motifs is 1. The number of thiazole rings is 1. The van der Waals surface area contributed by atoms with Gasteiger partial charge >= 0.3 is 18.2 Å². The van der Waals surface area contributed by atoms with Crippen molar-refractivity contribution < 1.29 is 32.6 Å². The standard InChI is InChI=1S/C30H30F3N5O5S/c1-3-34-29(42)37-25-12-17(27-36-24(15-44-27)30(31,32)33)19(13-35-25)16-9-10-21-18(11-16)26(40)20(28(41)43-4-2)14-38(21)22-7-5-6-8-23(22)39/h9-15,22-23,39H,3-8H2,1-2H3,(H2,34,35,37,42)/t22-,23-/m0/s1. The van der Waals surface area contributed by atoms with E-state index in [0.29, 0.717) is 36.0 Å². The number of nitrogens with zero attached hydrogens (tertiary/aromatic N) is 3. The molecule has 1 saturated carbocycles. The average Bonchev–Trinajstić information content (AvgIpc) is 3.49. The predicted molar refractivity (Wildman–Crippen MR) is 160 cm³/mol. The minimum atomic E-state index is -4.66. The summed E-state index contributed by atoms with van der Waals surface area (Å²) in [6.45, 7) is 3.76. The summed E-state index contributed by atoms with van der Waals surface area (Å²) in [6.07, 6.45) is 0.409. The molecule has 3 N–H and O–H groups in total. The maximum atomic E-state index is 13.7. The summed E-state index contributed by atoms with van der Waals surface area (Å²) in [5.41, 5.74) is -0.344. The van der Waals surface area contributed by atoms with Gasteiger partial charge in [0.15, 0.2) is 5.69 Å². The molecule has 0 unspecified atom stereocenters. The number of carbonyl (C=O) groups excluding carboxylic acids is 2. The molecule has 44 heavy (non-hydrogen) atoms. The van der Waals surface area contributed by atoms with Crippen LogP contribution in [0.1, 0.15) is 61.6 Å². The molecule has 1 fully saturated rings. The lowest BCUT2D eigenvalue weighted by Gasteiger charge is -2.31. The van der Waals surface area contributed by atoms with Crippen molar-refractivity contribution in [2.75, 3.05) is 18.5 Å². The quantitative estimate of drug-likeness (QED) is 0.214. The van der Waals surface area contributed by atoms with Crippen LogP contribution < -0.4 is 16.1 Å². The van der Waals surface area contributed by atoms with Crippen LogP contribution in [0.5, 0.6) is 0 Å². The van der Waals surface area contributed by atoms with Gasteiger partial charge in [-0.15, -0.1) is 11.3 Å². The molecule has 5 rings (SSSR count). The minimum absolute atomic E-state index is 0.0248. The van der Waals surface area contributed by atoms with Crippen LogP contribution in [0.25, 0.3) is 32.6 Å². The van der Waals surface area contributed by atoms with Crippen LogP contribution in [-0.4, -0.2) is 50.9 Å². The molecule has 10 nitrogen and oxygen atoms in total. The number of benzene rings is 1. The van der Waals surface area contributed by atoms with Crippen molar-refractivity contribution in [1.29, 1.82) is 0 Å². The summed E-state index contributed by atoms with van der Waals surface area (Å²) in [7, 11) is 0. The second kappa shape index (κ2) is 12.7. The molecule has 14 heteroatoms. The number of hydrogen-bond donors (Lipinski definition) is 3. The summed E-state index contributed by atoms with van der Waals surface area (Å²) >= 11 is 0.774.